The number of piperidine rings is 1. The van der Waals surface area contributed by atoms with Crippen LogP contribution in [0.15, 0.2) is 59.6 Å². The number of benzene rings is 2. The van der Waals surface area contributed by atoms with Gasteiger partial charge in [-0.25, -0.2) is 17.7 Å². The van der Waals surface area contributed by atoms with Crippen molar-refractivity contribution in [3.8, 4) is 17.4 Å². The molecule has 262 valence electrons. The van der Waals surface area contributed by atoms with Crippen LogP contribution in [-0.2, 0) is 25.0 Å². The fraction of sp³-hybridized carbons (Fsp3) is 0.441. The number of nitrogens with one attached hydrogen (secondary N) is 2. The van der Waals surface area contributed by atoms with Gasteiger partial charge in [-0.3, -0.25) is 14.5 Å². The molecule has 2 N–H and O–H groups in total. The second kappa shape index (κ2) is 14.1. The van der Waals surface area contributed by atoms with Crippen LogP contribution in [0.3, 0.4) is 0 Å². The zero-order valence-corrected chi connectivity index (χ0v) is 29.5. The van der Waals surface area contributed by atoms with E-state index < -0.39 is 33.4 Å². The molecule has 0 saturated carbocycles. The third kappa shape index (κ3) is 6.09. The minimum absolute atomic E-state index is 0.0228. The van der Waals surface area contributed by atoms with Gasteiger partial charge in [0.1, 0.15) is 16.4 Å². The number of pyridine rings is 1. The van der Waals surface area contributed by atoms with Crippen LogP contribution >= 0.6 is 11.6 Å². The highest BCUT2D eigenvalue weighted by atomic mass is 35.5. The lowest BCUT2D eigenvalue weighted by molar-refractivity contribution is -0.135. The van der Waals surface area contributed by atoms with Crippen LogP contribution in [0.2, 0.25) is 5.02 Å². The lowest BCUT2D eigenvalue weighted by Gasteiger charge is -2.45. The third-order valence-electron chi connectivity index (χ3n) is 9.51. The molecular formula is C34H41ClN6O7S. The van der Waals surface area contributed by atoms with Crippen molar-refractivity contribution in [3.63, 3.8) is 0 Å². The van der Waals surface area contributed by atoms with Crippen LogP contribution in [0, 0.1) is 0 Å². The molecule has 1 aromatic heterocycles. The van der Waals surface area contributed by atoms with Crippen molar-refractivity contribution >= 4 is 39.1 Å². The zero-order valence-electron chi connectivity index (χ0n) is 27.9. The summed E-state index contributed by atoms with van der Waals surface area (Å²) < 4.78 is 46.6. The number of sulfonamides is 1. The van der Waals surface area contributed by atoms with E-state index >= 15 is 9.59 Å². The SMILES string of the molecule is CCOc1ncccc1C1(C(=O)NC2CNCCN2C2CCN(C)CC2)C(=O)N(S(=O)(=O)c2ccc(OC)cc2OC)c2ccc(Cl)cc21. The summed E-state index contributed by atoms with van der Waals surface area (Å²) in [7, 11) is 0.166. The predicted octanol–water partition coefficient (Wildman–Crippen LogP) is 2.61. The van der Waals surface area contributed by atoms with Crippen LogP contribution in [0.1, 0.15) is 30.9 Å². The number of halogens is 1. The second-order valence-corrected chi connectivity index (χ2v) is 14.4. The van der Waals surface area contributed by atoms with Gasteiger partial charge in [-0.05, 0) is 76.3 Å². The van der Waals surface area contributed by atoms with Crippen LogP contribution in [0.25, 0.3) is 0 Å². The quantitative estimate of drug-likeness (QED) is 0.300. The average Bonchev–Trinajstić information content (AvgIpc) is 3.37. The van der Waals surface area contributed by atoms with Crippen molar-refractivity contribution < 1.29 is 32.2 Å². The predicted molar refractivity (Wildman–Crippen MR) is 184 cm³/mol. The van der Waals surface area contributed by atoms with E-state index in [0.717, 1.165) is 32.5 Å². The van der Waals surface area contributed by atoms with Crippen molar-refractivity contribution in [3.05, 3.63) is 70.9 Å². The van der Waals surface area contributed by atoms with E-state index in [1.165, 1.54) is 56.8 Å². The molecule has 4 heterocycles. The number of carbonyl (C=O) groups is 2. The van der Waals surface area contributed by atoms with Gasteiger partial charge in [0.25, 0.3) is 15.9 Å². The fourth-order valence-corrected chi connectivity index (χ4v) is 8.87. The standard InChI is InChI=1S/C34H41ClN6O7S/c1-5-48-31-25(7-6-14-37-31)34(32(42)38-30-21-36-15-18-40(30)23-12-16-39(2)17-13-23)26-19-22(35)8-10-27(26)41(33(34)43)49(44,45)29-11-9-24(46-3)20-28(29)47-4/h6-11,14,19-20,23,30,36H,5,12-13,15-18,21H2,1-4H3,(H,38,42). The van der Waals surface area contributed by atoms with Crippen molar-refractivity contribution in [1.29, 1.82) is 0 Å². The van der Waals surface area contributed by atoms with E-state index in [2.05, 4.69) is 32.5 Å². The van der Waals surface area contributed by atoms with Crippen molar-refractivity contribution in [1.82, 2.24) is 25.4 Å². The Labute approximate surface area is 291 Å². The van der Waals surface area contributed by atoms with E-state index in [1.54, 1.807) is 19.1 Å². The number of aromatic nitrogens is 1. The molecule has 0 spiro atoms. The van der Waals surface area contributed by atoms with Gasteiger partial charge in [0.2, 0.25) is 11.8 Å². The molecule has 3 aliphatic heterocycles. The van der Waals surface area contributed by atoms with Crippen LogP contribution in [-0.4, -0.2) is 108 Å². The van der Waals surface area contributed by atoms with Crippen LogP contribution < -0.4 is 29.1 Å². The Bertz CT molecular complexity index is 1840. The number of hydrogen-bond donors (Lipinski definition) is 2. The van der Waals surface area contributed by atoms with Crippen LogP contribution in [0.4, 0.5) is 5.69 Å². The molecule has 2 aromatic carbocycles. The smallest absolute Gasteiger partial charge is 0.274 e. The molecular weight excluding hydrogens is 672 g/mol. The molecule has 2 unspecified atom stereocenters. The van der Waals surface area contributed by atoms with Gasteiger partial charge in [-0.15, -0.1) is 0 Å². The Morgan fingerprint density at radius 3 is 2.57 bits per heavy atom. The van der Waals surface area contributed by atoms with Gasteiger partial charge < -0.3 is 29.7 Å². The average molecular weight is 713 g/mol. The zero-order chi connectivity index (χ0) is 34.9. The Morgan fingerprint density at radius 2 is 1.86 bits per heavy atom. The molecule has 0 aliphatic carbocycles. The number of ether oxygens (including phenoxy) is 3. The maximum Gasteiger partial charge on any atom is 0.274 e. The summed E-state index contributed by atoms with van der Waals surface area (Å²) in [6.45, 7) is 5.66. The molecule has 3 aromatic rings. The van der Waals surface area contributed by atoms with Crippen molar-refractivity contribution in [2.75, 3.05) is 64.9 Å². The topological polar surface area (TPSA) is 143 Å². The summed E-state index contributed by atoms with van der Waals surface area (Å²) in [4.78, 5) is 39.1. The monoisotopic (exact) mass is 712 g/mol. The first-order valence-corrected chi connectivity index (χ1v) is 18.1. The number of hydrogen-bond acceptors (Lipinski definition) is 11. The molecule has 6 rings (SSSR count). The summed E-state index contributed by atoms with van der Waals surface area (Å²) >= 11 is 6.57. The molecule has 49 heavy (non-hydrogen) atoms. The van der Waals surface area contributed by atoms with Crippen molar-refractivity contribution in [2.45, 2.75) is 42.3 Å². The minimum atomic E-state index is -4.69. The summed E-state index contributed by atoms with van der Waals surface area (Å²) in [6.07, 6.45) is 2.86. The van der Waals surface area contributed by atoms with Gasteiger partial charge in [0, 0.05) is 54.1 Å². The van der Waals surface area contributed by atoms with E-state index in [9.17, 15) is 8.42 Å². The molecule has 2 fully saturated rings. The number of nitrogens with zero attached hydrogens (tertiary/aromatic N) is 4. The largest absolute Gasteiger partial charge is 0.497 e. The van der Waals surface area contributed by atoms with Gasteiger partial charge in [0.05, 0.1) is 32.7 Å². The maximum atomic E-state index is 15.3. The first-order chi connectivity index (χ1) is 23.6. The molecule has 13 nitrogen and oxygen atoms in total. The van der Waals surface area contributed by atoms with E-state index in [0.29, 0.717) is 23.1 Å². The highest BCUT2D eigenvalue weighted by Gasteiger charge is 2.63. The molecule has 2 atom stereocenters. The Hall–Kier alpha value is -3.95. The number of amides is 2. The van der Waals surface area contributed by atoms with Gasteiger partial charge in [-0.1, -0.05) is 17.7 Å². The summed E-state index contributed by atoms with van der Waals surface area (Å²) in [5.41, 5.74) is -2.09. The fourth-order valence-electron chi connectivity index (χ4n) is 7.09. The van der Waals surface area contributed by atoms with Crippen LogP contribution in [0.5, 0.6) is 17.4 Å². The highest BCUT2D eigenvalue weighted by molar-refractivity contribution is 7.93. The number of methoxy groups -OCH3 is 2. The van der Waals surface area contributed by atoms with Gasteiger partial charge in [0.15, 0.2) is 5.41 Å². The molecule has 0 bridgehead atoms. The number of likely N-dealkylation sites (tertiary alicyclic amines) is 1. The molecule has 3 aliphatic rings. The van der Waals surface area contributed by atoms with E-state index in [-0.39, 0.29) is 51.0 Å². The number of fused-ring (bicyclic) bond motifs is 1. The minimum Gasteiger partial charge on any atom is -0.497 e. The summed E-state index contributed by atoms with van der Waals surface area (Å²) in [5.74, 6) is -1.40. The molecule has 15 heteroatoms. The third-order valence-corrected chi connectivity index (χ3v) is 11.5. The summed E-state index contributed by atoms with van der Waals surface area (Å²) in [5, 5.41) is 6.74. The first-order valence-electron chi connectivity index (χ1n) is 16.2. The van der Waals surface area contributed by atoms with E-state index in [1.807, 2.05) is 0 Å². The van der Waals surface area contributed by atoms with Crippen molar-refractivity contribution in [2.24, 2.45) is 0 Å². The highest BCUT2D eigenvalue weighted by Crippen LogP contribution is 2.52. The Balaban J connectivity index is 1.53. The normalized spacial score (nSPS) is 22.1. The van der Waals surface area contributed by atoms with Gasteiger partial charge in [-0.2, -0.15) is 0 Å². The molecule has 2 amide bonds. The van der Waals surface area contributed by atoms with E-state index in [4.69, 9.17) is 25.8 Å². The summed E-state index contributed by atoms with van der Waals surface area (Å²) in [6, 6.07) is 11.9. The second-order valence-electron chi connectivity index (χ2n) is 12.3. The number of carbonyl (C=O) groups excluding carboxylic acids is 2. The lowest BCUT2D eigenvalue weighted by atomic mass is 9.74. The molecule has 2 saturated heterocycles. The number of rotatable bonds is 10. The number of piperazine rings is 1. The van der Waals surface area contributed by atoms with Gasteiger partial charge >= 0.3 is 0 Å². The number of anilines is 1. The lowest BCUT2D eigenvalue weighted by Crippen LogP contribution is -2.66. The maximum absolute atomic E-state index is 15.3. The Morgan fingerprint density at radius 1 is 1.08 bits per heavy atom. The Kier molecular flexibility index (Phi) is 10.1. The first kappa shape index (κ1) is 34.9. The molecule has 0 radical (unpaired) electrons.